The summed E-state index contributed by atoms with van der Waals surface area (Å²) < 4.78 is 4.84. The number of ketones is 1. The molecular formula is C9H15NO3. The van der Waals surface area contributed by atoms with Gasteiger partial charge in [0.15, 0.2) is 0 Å². The Morgan fingerprint density at radius 2 is 2.23 bits per heavy atom. The Morgan fingerprint density at radius 3 is 2.69 bits per heavy atom. The number of nitrogens with one attached hydrogen (secondary N) is 1. The molecule has 0 aromatic carbocycles. The summed E-state index contributed by atoms with van der Waals surface area (Å²) in [5.41, 5.74) is 0. The predicted octanol–water partition coefficient (Wildman–Crippen LogP) is 0.117. The Balaban J connectivity index is 2.40. The molecule has 1 heterocycles. The minimum Gasteiger partial charge on any atom is -0.465 e. The van der Waals surface area contributed by atoms with Gasteiger partial charge in [-0.15, -0.1) is 0 Å². The Hall–Kier alpha value is -0.900. The lowest BCUT2D eigenvalue weighted by Gasteiger charge is -2.08. The number of ether oxygens (including phenoxy) is 1. The summed E-state index contributed by atoms with van der Waals surface area (Å²) in [6, 6.07) is -0.283. The molecule has 1 fully saturated rings. The van der Waals surface area contributed by atoms with Crippen LogP contribution < -0.4 is 5.32 Å². The molecule has 4 heteroatoms. The van der Waals surface area contributed by atoms with Gasteiger partial charge in [-0.1, -0.05) is 0 Å². The fourth-order valence-electron chi connectivity index (χ4n) is 1.47. The van der Waals surface area contributed by atoms with E-state index in [0.29, 0.717) is 19.6 Å². The summed E-state index contributed by atoms with van der Waals surface area (Å²) in [7, 11) is 0. The molecule has 1 N–H and O–H groups in total. The van der Waals surface area contributed by atoms with Crippen LogP contribution in [-0.2, 0) is 14.3 Å². The molecule has 2 unspecified atom stereocenters. The average molecular weight is 185 g/mol. The maximum Gasteiger partial charge on any atom is 0.323 e. The van der Waals surface area contributed by atoms with Gasteiger partial charge in [-0.05, 0) is 20.3 Å². The van der Waals surface area contributed by atoms with Crippen LogP contribution in [0.25, 0.3) is 0 Å². The van der Waals surface area contributed by atoms with E-state index in [-0.39, 0.29) is 23.7 Å². The molecule has 0 saturated carbocycles. The number of Topliss-reactive ketones (excluding diaryl/α,β-unsaturated/α-hetero) is 1. The summed E-state index contributed by atoms with van der Waals surface area (Å²) in [4.78, 5) is 22.2. The zero-order valence-corrected chi connectivity index (χ0v) is 8.00. The maximum atomic E-state index is 11.2. The van der Waals surface area contributed by atoms with E-state index >= 15 is 0 Å². The molecule has 0 aromatic heterocycles. The highest BCUT2D eigenvalue weighted by Crippen LogP contribution is 2.15. The zero-order chi connectivity index (χ0) is 9.84. The second-order valence-corrected chi connectivity index (χ2v) is 3.26. The number of hydrogen-bond acceptors (Lipinski definition) is 4. The molecule has 0 amide bonds. The van der Waals surface area contributed by atoms with Crippen molar-refractivity contribution in [1.82, 2.24) is 5.32 Å². The molecule has 0 radical (unpaired) electrons. The van der Waals surface area contributed by atoms with Gasteiger partial charge in [-0.25, -0.2) is 0 Å². The van der Waals surface area contributed by atoms with Gasteiger partial charge in [0, 0.05) is 12.5 Å². The summed E-state index contributed by atoms with van der Waals surface area (Å²) in [5, 5.41) is 2.98. The van der Waals surface area contributed by atoms with Crippen molar-refractivity contribution in [2.45, 2.75) is 26.3 Å². The van der Waals surface area contributed by atoms with Crippen molar-refractivity contribution >= 4 is 11.8 Å². The third-order valence-electron chi connectivity index (χ3n) is 2.28. The molecule has 0 bridgehead atoms. The van der Waals surface area contributed by atoms with Gasteiger partial charge in [-0.3, -0.25) is 9.59 Å². The van der Waals surface area contributed by atoms with E-state index in [0.717, 1.165) is 0 Å². The number of hydrogen-bond donors (Lipinski definition) is 1. The minimum atomic E-state index is -0.283. The van der Waals surface area contributed by atoms with Crippen LogP contribution >= 0.6 is 0 Å². The third-order valence-corrected chi connectivity index (χ3v) is 2.28. The van der Waals surface area contributed by atoms with Crippen molar-refractivity contribution in [3.63, 3.8) is 0 Å². The van der Waals surface area contributed by atoms with Crippen molar-refractivity contribution in [3.8, 4) is 0 Å². The molecule has 0 spiro atoms. The molecular weight excluding hydrogens is 170 g/mol. The second-order valence-electron chi connectivity index (χ2n) is 3.26. The third kappa shape index (κ3) is 2.52. The quantitative estimate of drug-likeness (QED) is 0.634. The molecule has 13 heavy (non-hydrogen) atoms. The molecule has 1 rings (SSSR count). The first-order valence-corrected chi connectivity index (χ1v) is 4.55. The lowest BCUT2D eigenvalue weighted by Crippen LogP contribution is -2.32. The van der Waals surface area contributed by atoms with E-state index in [2.05, 4.69) is 5.32 Å². The van der Waals surface area contributed by atoms with Gasteiger partial charge in [0.25, 0.3) is 0 Å². The largest absolute Gasteiger partial charge is 0.465 e. The summed E-state index contributed by atoms with van der Waals surface area (Å²) in [5.74, 6) is -0.125. The van der Waals surface area contributed by atoms with Crippen LogP contribution in [0.4, 0.5) is 0 Å². The van der Waals surface area contributed by atoms with Crippen LogP contribution in [-0.4, -0.2) is 30.9 Å². The molecule has 4 nitrogen and oxygen atoms in total. The normalized spacial score (nSPS) is 27.2. The first-order chi connectivity index (χ1) is 6.15. The molecule has 2 atom stereocenters. The van der Waals surface area contributed by atoms with E-state index < -0.39 is 0 Å². The Kier molecular flexibility index (Phi) is 3.42. The Labute approximate surface area is 77.6 Å². The smallest absolute Gasteiger partial charge is 0.323 e. The van der Waals surface area contributed by atoms with Crippen LogP contribution in [0, 0.1) is 5.92 Å². The summed E-state index contributed by atoms with van der Waals surface area (Å²) in [6.07, 6.45) is 0.578. The van der Waals surface area contributed by atoms with Crippen LogP contribution in [0.5, 0.6) is 0 Å². The highest BCUT2D eigenvalue weighted by Gasteiger charge is 2.32. The first kappa shape index (κ1) is 10.2. The predicted molar refractivity (Wildman–Crippen MR) is 47.2 cm³/mol. The summed E-state index contributed by atoms with van der Waals surface area (Å²) >= 11 is 0. The number of carbonyl (C=O) groups is 2. The average Bonchev–Trinajstić information content (AvgIpc) is 2.52. The van der Waals surface area contributed by atoms with Crippen molar-refractivity contribution in [1.29, 1.82) is 0 Å². The standard InChI is InChI=1S/C9H15NO3/c1-3-13-9(12)8-4-7(5-10-8)6(2)11/h7-8,10H,3-5H2,1-2H3. The lowest BCUT2D eigenvalue weighted by atomic mass is 10.0. The van der Waals surface area contributed by atoms with Gasteiger partial charge in [0.2, 0.25) is 0 Å². The van der Waals surface area contributed by atoms with Crippen molar-refractivity contribution < 1.29 is 14.3 Å². The van der Waals surface area contributed by atoms with Crippen molar-refractivity contribution in [2.24, 2.45) is 5.92 Å². The molecule has 1 aliphatic rings. The number of esters is 1. The fraction of sp³-hybridized carbons (Fsp3) is 0.778. The van der Waals surface area contributed by atoms with Gasteiger partial charge >= 0.3 is 5.97 Å². The summed E-state index contributed by atoms with van der Waals surface area (Å²) in [6.45, 7) is 4.32. The van der Waals surface area contributed by atoms with Gasteiger partial charge < -0.3 is 10.1 Å². The molecule has 74 valence electrons. The highest BCUT2D eigenvalue weighted by atomic mass is 16.5. The molecule has 1 saturated heterocycles. The zero-order valence-electron chi connectivity index (χ0n) is 8.00. The van der Waals surface area contributed by atoms with Crippen LogP contribution in [0.3, 0.4) is 0 Å². The Bertz CT molecular complexity index is 215. The van der Waals surface area contributed by atoms with E-state index in [1.54, 1.807) is 13.8 Å². The molecule has 0 aromatic rings. The maximum absolute atomic E-state index is 11.2. The lowest BCUT2D eigenvalue weighted by molar-refractivity contribution is -0.145. The van der Waals surface area contributed by atoms with E-state index in [1.165, 1.54) is 0 Å². The highest BCUT2D eigenvalue weighted by molar-refractivity contribution is 5.82. The first-order valence-electron chi connectivity index (χ1n) is 4.55. The van der Waals surface area contributed by atoms with Crippen LogP contribution in [0.2, 0.25) is 0 Å². The Morgan fingerprint density at radius 1 is 1.54 bits per heavy atom. The number of rotatable bonds is 3. The second kappa shape index (κ2) is 4.37. The monoisotopic (exact) mass is 185 g/mol. The van der Waals surface area contributed by atoms with Gasteiger partial charge in [-0.2, -0.15) is 0 Å². The molecule has 0 aliphatic carbocycles. The number of carbonyl (C=O) groups excluding carboxylic acids is 2. The fourth-order valence-corrected chi connectivity index (χ4v) is 1.47. The minimum absolute atomic E-state index is 0.0191. The van der Waals surface area contributed by atoms with Crippen molar-refractivity contribution in [2.75, 3.05) is 13.2 Å². The SMILES string of the molecule is CCOC(=O)C1CC(C(C)=O)CN1. The van der Waals surface area contributed by atoms with Crippen molar-refractivity contribution in [3.05, 3.63) is 0 Å². The van der Waals surface area contributed by atoms with Gasteiger partial charge in [0.05, 0.1) is 6.61 Å². The topological polar surface area (TPSA) is 55.4 Å². The van der Waals surface area contributed by atoms with Crippen LogP contribution in [0.1, 0.15) is 20.3 Å². The van der Waals surface area contributed by atoms with Gasteiger partial charge in [0.1, 0.15) is 11.8 Å². The van der Waals surface area contributed by atoms with E-state index in [4.69, 9.17) is 4.74 Å². The van der Waals surface area contributed by atoms with Crippen LogP contribution in [0.15, 0.2) is 0 Å². The molecule has 1 aliphatic heterocycles. The van der Waals surface area contributed by atoms with E-state index in [9.17, 15) is 9.59 Å². The van der Waals surface area contributed by atoms with E-state index in [1.807, 2.05) is 0 Å².